The summed E-state index contributed by atoms with van der Waals surface area (Å²) in [5, 5.41) is 8.81. The first-order chi connectivity index (χ1) is 15.7. The maximum atomic E-state index is 8.81. The monoisotopic (exact) mass is 765 g/mol. The Morgan fingerprint density at radius 1 is 0.529 bits per heavy atom. The van der Waals surface area contributed by atoms with Gasteiger partial charge in [0.25, 0.3) is 0 Å². The maximum absolute atomic E-state index is 8.81. The molecule has 0 unspecified atom stereocenters. The fraction of sp³-hybridized carbons (Fsp3) is 0.286. The van der Waals surface area contributed by atoms with Crippen LogP contribution in [0.1, 0.15) is 25.7 Å². The third-order valence-electron chi connectivity index (χ3n) is 4.90. The van der Waals surface area contributed by atoms with Crippen LogP contribution in [0.5, 0.6) is 0 Å². The number of hydrogen-bond acceptors (Lipinski definition) is 2. The van der Waals surface area contributed by atoms with Gasteiger partial charge in [-0.25, -0.2) is 0 Å². The van der Waals surface area contributed by atoms with Gasteiger partial charge in [-0.3, -0.25) is 0 Å². The topological polar surface area (TPSA) is 23.5 Å². The van der Waals surface area contributed by atoms with Gasteiger partial charge in [0.2, 0.25) is 0 Å². The van der Waals surface area contributed by atoms with E-state index in [1.165, 1.54) is 32.5 Å². The smallest absolute Gasteiger partial charge is 0.396 e. The summed E-state index contributed by atoms with van der Waals surface area (Å²) in [7, 11) is 0. The van der Waals surface area contributed by atoms with Gasteiger partial charge in [-0.05, 0) is 134 Å². The molecule has 4 fully saturated rings. The van der Waals surface area contributed by atoms with E-state index >= 15 is 0 Å². The zero-order chi connectivity index (χ0) is 22.9. The summed E-state index contributed by atoms with van der Waals surface area (Å²) < 4.78 is 2.63. The van der Waals surface area contributed by atoms with E-state index in [4.69, 9.17) is 5.11 Å². The van der Waals surface area contributed by atoms with Crippen LogP contribution in [0.25, 0.3) is 0 Å². The third-order valence-corrected chi connectivity index (χ3v) is 6.34. The van der Waals surface area contributed by atoms with Gasteiger partial charge in [0, 0.05) is 27.5 Å². The summed E-state index contributed by atoms with van der Waals surface area (Å²) in [6.45, 7) is 3.50. The van der Waals surface area contributed by atoms with Gasteiger partial charge in [0.15, 0.2) is 0 Å². The number of aliphatic hydroxyl groups is 1. The molecule has 1 N–H and O–H groups in total. The van der Waals surface area contributed by atoms with Crippen molar-refractivity contribution in [1.29, 1.82) is 0 Å². The molecule has 2 nitrogen and oxygen atoms in total. The Bertz CT molecular complexity index is 391. The predicted molar refractivity (Wildman–Crippen MR) is 152 cm³/mol. The van der Waals surface area contributed by atoms with Crippen LogP contribution in [0.2, 0.25) is 0 Å². The molecule has 4 rings (SSSR count). The van der Waals surface area contributed by atoms with E-state index in [1.54, 1.807) is 0 Å². The van der Waals surface area contributed by atoms with Crippen molar-refractivity contribution >= 4 is 45.2 Å². The van der Waals surface area contributed by atoms with Crippen LogP contribution in [0.4, 0.5) is 0 Å². The molecule has 6 heteroatoms. The van der Waals surface area contributed by atoms with Gasteiger partial charge in [-0.15, -0.1) is 0 Å². The predicted octanol–water partition coefficient (Wildman–Crippen LogP) is 6.21. The number of hydrogen-bond donors (Lipinski definition) is 1. The molecule has 0 saturated heterocycles. The standard InChI is InChI=1S/C18H25NO.2C5H4I.2Fe/c20-14-8-2-1-7-13-19(15-17-9-3-4-10-17)16-18-11-5-6-12-18;2*6-5-3-1-2-4-5;;/h3-6,9-12,20H,1-2,7-8,13-16H2;2*1-4H;;/q;;;2*+2. The van der Waals surface area contributed by atoms with Crippen LogP contribution in [0.15, 0.2) is 0 Å². The Hall–Kier alpha value is 2.42. The van der Waals surface area contributed by atoms with Crippen LogP contribution in [-0.2, 0) is 34.1 Å². The normalized spacial score (nSPS) is 21.5. The molecular weight excluding hydrogens is 732 g/mol. The molecule has 20 radical (unpaired) electrons. The Balaban J connectivity index is 0.000000636. The third kappa shape index (κ3) is 18.6. The Kier molecular flexibility index (Phi) is 26.2. The molecule has 0 amide bonds. The second kappa shape index (κ2) is 24.5. The van der Waals surface area contributed by atoms with E-state index in [-0.39, 0.29) is 34.1 Å². The fourth-order valence-electron chi connectivity index (χ4n) is 3.27. The van der Waals surface area contributed by atoms with E-state index in [1.807, 2.05) is 25.7 Å². The molecule has 0 aliphatic heterocycles. The number of rotatable bonds is 10. The van der Waals surface area contributed by atoms with Gasteiger partial charge in [-0.2, -0.15) is 0 Å². The van der Waals surface area contributed by atoms with E-state index < -0.39 is 0 Å². The van der Waals surface area contributed by atoms with Gasteiger partial charge in [0.05, 0.1) is 0 Å². The zero-order valence-electron chi connectivity index (χ0n) is 19.3. The van der Waals surface area contributed by atoms with Crippen molar-refractivity contribution in [3.63, 3.8) is 0 Å². The molecule has 0 spiro atoms. The van der Waals surface area contributed by atoms with Crippen LogP contribution in [0, 0.1) is 122 Å². The number of nitrogens with zero attached hydrogens (tertiary/aromatic N) is 1. The van der Waals surface area contributed by atoms with E-state index in [9.17, 15) is 0 Å². The molecule has 4 saturated carbocycles. The second-order valence-corrected chi connectivity index (χ2v) is 10.1. The minimum atomic E-state index is 0. The van der Waals surface area contributed by atoms with E-state index in [0.29, 0.717) is 6.61 Å². The van der Waals surface area contributed by atoms with Gasteiger partial charge in [0.1, 0.15) is 0 Å². The SMILES string of the molecule is I[C]1[CH][CH][CH][CH]1.I[C]1[CH][CH][CH][CH]1.OCCCCCCN(C[C]1[CH][CH][CH][CH]1)C[C]1[CH][CH][CH][CH]1.[Fe+2].[Fe+2]. The summed E-state index contributed by atoms with van der Waals surface area (Å²) in [4.78, 5) is 2.52. The molecule has 0 bridgehead atoms. The van der Waals surface area contributed by atoms with E-state index in [2.05, 4.69) is 127 Å². The Labute approximate surface area is 261 Å². The van der Waals surface area contributed by atoms with Crippen molar-refractivity contribution in [2.75, 3.05) is 26.2 Å². The second-order valence-electron chi connectivity index (χ2n) is 7.64. The van der Waals surface area contributed by atoms with Crippen molar-refractivity contribution in [2.45, 2.75) is 25.7 Å². The molecule has 0 aromatic heterocycles. The van der Waals surface area contributed by atoms with Crippen molar-refractivity contribution in [3.8, 4) is 0 Å². The van der Waals surface area contributed by atoms with Crippen LogP contribution in [-0.4, -0.2) is 36.2 Å². The van der Waals surface area contributed by atoms with E-state index in [0.717, 1.165) is 32.5 Å². The molecule has 0 atom stereocenters. The largest absolute Gasteiger partial charge is 2.00 e. The summed E-state index contributed by atoms with van der Waals surface area (Å²) in [6.07, 6.45) is 38.1. The summed E-state index contributed by atoms with van der Waals surface area (Å²) in [5.74, 6) is 2.79. The Morgan fingerprint density at radius 2 is 0.882 bits per heavy atom. The average molecular weight is 765 g/mol. The van der Waals surface area contributed by atoms with Crippen molar-refractivity contribution in [2.24, 2.45) is 0 Å². The minimum Gasteiger partial charge on any atom is -0.396 e. The molecule has 4 aliphatic carbocycles. The molecule has 34 heavy (non-hydrogen) atoms. The molecule has 0 aromatic rings. The molecule has 0 aromatic carbocycles. The van der Waals surface area contributed by atoms with Crippen molar-refractivity contribution in [1.82, 2.24) is 4.90 Å². The first kappa shape index (κ1) is 36.4. The van der Waals surface area contributed by atoms with Crippen molar-refractivity contribution in [3.05, 3.63) is 122 Å². The summed E-state index contributed by atoms with van der Waals surface area (Å²) in [5.41, 5.74) is 0. The van der Waals surface area contributed by atoms with Crippen LogP contribution >= 0.6 is 45.2 Å². The summed E-state index contributed by atoms with van der Waals surface area (Å²) in [6, 6.07) is 0. The van der Waals surface area contributed by atoms with Gasteiger partial charge in [-0.1, -0.05) is 58.0 Å². The average Bonchev–Trinajstić information content (AvgIpc) is 3.59. The number of aliphatic hydroxyl groups excluding tert-OH is 1. The summed E-state index contributed by atoms with van der Waals surface area (Å²) >= 11 is 4.55. The first-order valence-electron chi connectivity index (χ1n) is 11.2. The zero-order valence-corrected chi connectivity index (χ0v) is 25.8. The fourth-order valence-corrected chi connectivity index (χ4v) is 4.10. The number of unbranched alkanes of at least 4 members (excludes halogenated alkanes) is 3. The molecular formula is C28H33Fe2I2NO+4. The van der Waals surface area contributed by atoms with Gasteiger partial charge < -0.3 is 10.0 Å². The molecule has 0 heterocycles. The Morgan fingerprint density at radius 3 is 1.21 bits per heavy atom. The quantitative estimate of drug-likeness (QED) is 0.163. The first-order valence-corrected chi connectivity index (χ1v) is 13.3. The van der Waals surface area contributed by atoms with Crippen molar-refractivity contribution < 1.29 is 39.2 Å². The van der Waals surface area contributed by atoms with Gasteiger partial charge >= 0.3 is 34.1 Å². The minimum absolute atomic E-state index is 0. The maximum Gasteiger partial charge on any atom is 2.00 e. The number of halogens is 2. The van der Waals surface area contributed by atoms with Crippen LogP contribution in [0.3, 0.4) is 0 Å². The van der Waals surface area contributed by atoms with Crippen LogP contribution < -0.4 is 0 Å². The molecule has 4 aliphatic rings. The molecule has 182 valence electrons.